The minimum atomic E-state index is -1.41. The number of ether oxygens (including phenoxy) is 2. The van der Waals surface area contributed by atoms with Crippen molar-refractivity contribution in [1.29, 1.82) is 0 Å². The number of rotatable bonds is 10. The van der Waals surface area contributed by atoms with Crippen LogP contribution in [0.15, 0.2) is 97.1 Å². The van der Waals surface area contributed by atoms with Crippen molar-refractivity contribution in [2.45, 2.75) is 6.10 Å². The Hall–Kier alpha value is -5.98. The van der Waals surface area contributed by atoms with E-state index in [4.69, 9.17) is 9.47 Å². The Labute approximate surface area is 224 Å². The number of hydrogen-bond donors (Lipinski definition) is 0. The molecule has 0 spiro atoms. The van der Waals surface area contributed by atoms with E-state index in [1.54, 1.807) is 18.2 Å². The number of esters is 1. The summed E-state index contributed by atoms with van der Waals surface area (Å²) in [5.41, 5.74) is -0.818. The number of carbonyl (C=O) groups excluding carboxylic acids is 2. The number of nitro benzene ring substituents is 3. The van der Waals surface area contributed by atoms with Crippen molar-refractivity contribution >= 4 is 28.8 Å². The van der Waals surface area contributed by atoms with E-state index in [0.29, 0.717) is 0 Å². The number of nitro groups is 3. The van der Waals surface area contributed by atoms with Crippen molar-refractivity contribution in [1.82, 2.24) is 0 Å². The molecule has 13 nitrogen and oxygen atoms in total. The van der Waals surface area contributed by atoms with Crippen LogP contribution in [0.25, 0.3) is 0 Å². The minimum absolute atomic E-state index is 0.0123. The third-order valence-electron chi connectivity index (χ3n) is 5.60. The van der Waals surface area contributed by atoms with Crippen molar-refractivity contribution in [3.63, 3.8) is 0 Å². The largest absolute Gasteiger partial charge is 0.450 e. The Morgan fingerprint density at radius 3 is 1.82 bits per heavy atom. The van der Waals surface area contributed by atoms with E-state index >= 15 is 0 Å². The fourth-order valence-corrected chi connectivity index (χ4v) is 3.61. The lowest BCUT2D eigenvalue weighted by molar-refractivity contribution is -0.394. The Balaban J connectivity index is 1.56. The zero-order valence-corrected chi connectivity index (χ0v) is 20.2. The lowest BCUT2D eigenvalue weighted by Crippen LogP contribution is -2.20. The van der Waals surface area contributed by atoms with Crippen molar-refractivity contribution in [3.8, 4) is 11.5 Å². The molecule has 0 bridgehead atoms. The molecule has 200 valence electrons. The minimum Gasteiger partial charge on any atom is -0.450 e. The Morgan fingerprint density at radius 2 is 1.25 bits per heavy atom. The van der Waals surface area contributed by atoms with Gasteiger partial charge >= 0.3 is 11.7 Å². The maximum atomic E-state index is 13.2. The molecule has 0 aliphatic rings. The number of non-ortho nitro benzene ring substituents is 2. The first-order valence-electron chi connectivity index (χ1n) is 11.4. The van der Waals surface area contributed by atoms with Crippen molar-refractivity contribution in [2.75, 3.05) is 0 Å². The highest BCUT2D eigenvalue weighted by Crippen LogP contribution is 2.34. The molecule has 0 aliphatic heterocycles. The highest BCUT2D eigenvalue weighted by Gasteiger charge is 2.28. The molecular weight excluding hydrogens is 526 g/mol. The van der Waals surface area contributed by atoms with Gasteiger partial charge in [-0.05, 0) is 42.5 Å². The van der Waals surface area contributed by atoms with Gasteiger partial charge in [-0.2, -0.15) is 0 Å². The molecule has 0 saturated carbocycles. The standard InChI is InChI=1S/C27H17N3O10/c31-25(17-4-2-1-3-5-17)26(18-6-10-20(11-7-18)28(33)34)40-27(32)19-8-13-22(14-9-19)39-24-15-12-21(29(35)36)16-23(24)30(37)38/h1-16,26H/t26-/m0/s1. The van der Waals surface area contributed by atoms with Gasteiger partial charge in [-0.25, -0.2) is 4.79 Å². The molecule has 4 rings (SSSR count). The fourth-order valence-electron chi connectivity index (χ4n) is 3.61. The summed E-state index contributed by atoms with van der Waals surface area (Å²) >= 11 is 0. The Bertz CT molecular complexity index is 1600. The summed E-state index contributed by atoms with van der Waals surface area (Å²) in [6.45, 7) is 0. The van der Waals surface area contributed by atoms with Crippen LogP contribution in [0.5, 0.6) is 11.5 Å². The van der Waals surface area contributed by atoms with Gasteiger partial charge in [0.1, 0.15) is 5.75 Å². The summed E-state index contributed by atoms with van der Waals surface area (Å²) in [7, 11) is 0. The Morgan fingerprint density at radius 1 is 0.650 bits per heavy atom. The van der Waals surface area contributed by atoms with Crippen LogP contribution in [-0.2, 0) is 4.74 Å². The smallest absolute Gasteiger partial charge is 0.339 e. The van der Waals surface area contributed by atoms with E-state index in [-0.39, 0.29) is 33.9 Å². The molecule has 4 aromatic rings. The molecule has 1 atom stereocenters. The maximum Gasteiger partial charge on any atom is 0.339 e. The Kier molecular flexibility index (Phi) is 7.85. The molecule has 0 N–H and O–H groups in total. The first-order valence-corrected chi connectivity index (χ1v) is 11.4. The van der Waals surface area contributed by atoms with Crippen molar-refractivity contribution in [3.05, 3.63) is 144 Å². The lowest BCUT2D eigenvalue weighted by Gasteiger charge is -2.17. The molecule has 0 radical (unpaired) electrons. The molecular formula is C27H17N3O10. The molecule has 40 heavy (non-hydrogen) atoms. The monoisotopic (exact) mass is 543 g/mol. The average Bonchev–Trinajstić information content (AvgIpc) is 2.96. The van der Waals surface area contributed by atoms with Gasteiger partial charge in [-0.1, -0.05) is 30.3 Å². The first kappa shape index (κ1) is 27.1. The lowest BCUT2D eigenvalue weighted by atomic mass is 9.99. The first-order chi connectivity index (χ1) is 19.1. The van der Waals surface area contributed by atoms with Crippen LogP contribution in [0.4, 0.5) is 17.1 Å². The van der Waals surface area contributed by atoms with Crippen LogP contribution in [0, 0.1) is 30.3 Å². The number of benzene rings is 4. The topological polar surface area (TPSA) is 182 Å². The molecule has 0 saturated heterocycles. The molecule has 0 heterocycles. The second kappa shape index (κ2) is 11.6. The van der Waals surface area contributed by atoms with Crippen LogP contribution in [0.1, 0.15) is 32.4 Å². The third kappa shape index (κ3) is 6.11. The number of hydrogen-bond acceptors (Lipinski definition) is 10. The van der Waals surface area contributed by atoms with Crippen LogP contribution < -0.4 is 4.74 Å². The second-order valence-electron chi connectivity index (χ2n) is 8.16. The molecule has 13 heteroatoms. The number of Topliss-reactive ketones (excluding diaryl/α,β-unsaturated/α-hetero) is 1. The van der Waals surface area contributed by atoms with Crippen molar-refractivity contribution < 1.29 is 33.8 Å². The molecule has 0 amide bonds. The molecule has 4 aromatic carbocycles. The second-order valence-corrected chi connectivity index (χ2v) is 8.16. The third-order valence-corrected chi connectivity index (χ3v) is 5.60. The summed E-state index contributed by atoms with van der Waals surface area (Å²) in [5.74, 6) is -1.60. The average molecular weight is 543 g/mol. The van der Waals surface area contributed by atoms with E-state index in [0.717, 1.165) is 18.2 Å². The molecule has 0 fully saturated rings. The summed E-state index contributed by atoms with van der Waals surface area (Å²) < 4.78 is 11.0. The van der Waals surface area contributed by atoms with Gasteiger partial charge in [0.05, 0.1) is 26.4 Å². The zero-order chi connectivity index (χ0) is 28.8. The normalized spacial score (nSPS) is 11.2. The van der Waals surface area contributed by atoms with E-state index in [1.807, 2.05) is 0 Å². The van der Waals surface area contributed by atoms with Crippen LogP contribution >= 0.6 is 0 Å². The van der Waals surface area contributed by atoms with Gasteiger partial charge in [-0.15, -0.1) is 0 Å². The van der Waals surface area contributed by atoms with E-state index < -0.39 is 44.0 Å². The van der Waals surface area contributed by atoms with Crippen LogP contribution in [0.3, 0.4) is 0 Å². The maximum absolute atomic E-state index is 13.2. The number of nitrogens with zero attached hydrogens (tertiary/aromatic N) is 3. The van der Waals surface area contributed by atoms with E-state index in [9.17, 15) is 39.9 Å². The van der Waals surface area contributed by atoms with E-state index in [1.165, 1.54) is 60.7 Å². The van der Waals surface area contributed by atoms with Gasteiger partial charge in [0.25, 0.3) is 11.4 Å². The van der Waals surface area contributed by atoms with Gasteiger partial charge in [-0.3, -0.25) is 35.1 Å². The SMILES string of the molecule is O=C(O[C@H](C(=O)c1ccccc1)c1ccc([N+](=O)[O-])cc1)c1ccc(Oc2ccc([N+](=O)[O-])cc2[N+](=O)[O-])cc1. The summed E-state index contributed by atoms with van der Waals surface area (Å²) in [4.78, 5) is 57.3. The quantitative estimate of drug-likeness (QED) is 0.0997. The predicted octanol–water partition coefficient (Wildman–Crippen LogP) is 5.98. The van der Waals surface area contributed by atoms with Gasteiger partial charge in [0.15, 0.2) is 6.10 Å². The highest BCUT2D eigenvalue weighted by molar-refractivity contribution is 6.02. The van der Waals surface area contributed by atoms with Gasteiger partial charge in [0, 0.05) is 29.3 Å². The number of carbonyl (C=O) groups is 2. The summed E-state index contributed by atoms with van der Waals surface area (Å²) in [5, 5.41) is 33.3. The van der Waals surface area contributed by atoms with Crippen LogP contribution in [-0.4, -0.2) is 26.5 Å². The summed E-state index contributed by atoms with van der Waals surface area (Å²) in [6.07, 6.45) is -1.41. The van der Waals surface area contributed by atoms with Crippen molar-refractivity contribution in [2.24, 2.45) is 0 Å². The predicted molar refractivity (Wildman–Crippen MR) is 138 cm³/mol. The van der Waals surface area contributed by atoms with E-state index in [2.05, 4.69) is 0 Å². The molecule has 0 aromatic heterocycles. The number of ketones is 1. The zero-order valence-electron chi connectivity index (χ0n) is 20.2. The fraction of sp³-hybridized carbons (Fsp3) is 0.0370. The summed E-state index contributed by atoms with van der Waals surface area (Å²) in [6, 6.07) is 21.2. The van der Waals surface area contributed by atoms with Crippen LogP contribution in [0.2, 0.25) is 0 Å². The molecule has 0 aliphatic carbocycles. The highest BCUT2D eigenvalue weighted by atomic mass is 16.6. The molecule has 0 unspecified atom stereocenters. The van der Waals surface area contributed by atoms with Gasteiger partial charge < -0.3 is 9.47 Å². The van der Waals surface area contributed by atoms with Gasteiger partial charge in [0.2, 0.25) is 11.5 Å².